The van der Waals surface area contributed by atoms with Crippen LogP contribution >= 0.6 is 0 Å². The molecule has 2 aliphatic rings. The molecule has 0 amide bonds. The summed E-state index contributed by atoms with van der Waals surface area (Å²) in [4.78, 5) is 19.7. The van der Waals surface area contributed by atoms with Crippen LogP contribution in [0, 0.1) is 0 Å². The first-order valence-electron chi connectivity index (χ1n) is 10.7. The summed E-state index contributed by atoms with van der Waals surface area (Å²) in [5.74, 6) is 0.739. The normalized spacial score (nSPS) is 20.3. The highest BCUT2D eigenvalue weighted by molar-refractivity contribution is 6.08. The van der Waals surface area contributed by atoms with E-state index in [0.29, 0.717) is 29.5 Å². The number of nitrogens with zero attached hydrogens (tertiary/aromatic N) is 5. The monoisotopic (exact) mass is 467 g/mol. The van der Waals surface area contributed by atoms with Crippen LogP contribution in [-0.2, 0) is 6.18 Å². The van der Waals surface area contributed by atoms with E-state index in [1.807, 2.05) is 0 Å². The molecule has 0 saturated carbocycles. The van der Waals surface area contributed by atoms with Crippen molar-refractivity contribution in [3.05, 3.63) is 42.3 Å². The number of alkyl halides is 3. The molecule has 2 saturated heterocycles. The topological polar surface area (TPSA) is 105 Å². The zero-order valence-electron chi connectivity index (χ0n) is 17.4. The van der Waals surface area contributed by atoms with Crippen LogP contribution in [0.3, 0.4) is 0 Å². The second-order valence-corrected chi connectivity index (χ2v) is 8.46. The Hall–Kier alpha value is -3.93. The van der Waals surface area contributed by atoms with Crippen LogP contribution in [-0.4, -0.2) is 45.1 Å². The van der Waals surface area contributed by atoms with E-state index in [2.05, 4.69) is 35.5 Å². The van der Waals surface area contributed by atoms with Crippen molar-refractivity contribution < 1.29 is 22.0 Å². The smallest absolute Gasteiger partial charge is 0.417 e. The minimum absolute atomic E-state index is 0.0840. The van der Waals surface area contributed by atoms with Gasteiger partial charge < -0.3 is 19.1 Å². The molecular formula is C22H16F3N7O2. The van der Waals surface area contributed by atoms with Crippen molar-refractivity contribution in [1.29, 1.82) is 0 Å². The van der Waals surface area contributed by atoms with Gasteiger partial charge in [0.05, 0.1) is 23.4 Å². The zero-order chi connectivity index (χ0) is 23.0. The van der Waals surface area contributed by atoms with Gasteiger partial charge in [-0.05, 0) is 18.6 Å². The van der Waals surface area contributed by atoms with E-state index in [-0.39, 0.29) is 40.0 Å². The molecule has 0 unspecified atom stereocenters. The summed E-state index contributed by atoms with van der Waals surface area (Å²) in [6.07, 6.45) is -0.635. The number of anilines is 3. The average Bonchev–Trinajstić information content (AvgIpc) is 3.60. The predicted molar refractivity (Wildman–Crippen MR) is 117 cm³/mol. The summed E-state index contributed by atoms with van der Waals surface area (Å²) >= 11 is 0. The summed E-state index contributed by atoms with van der Waals surface area (Å²) in [5.41, 5.74) is 0.719. The highest BCUT2D eigenvalue weighted by atomic mass is 19.4. The molecule has 6 heterocycles. The minimum atomic E-state index is -4.57. The Kier molecular flexibility index (Phi) is 3.90. The molecule has 2 aliphatic heterocycles. The number of furan rings is 2. The fourth-order valence-corrected chi connectivity index (χ4v) is 4.91. The number of hydrogen-bond acceptors (Lipinski definition) is 9. The van der Waals surface area contributed by atoms with Crippen LogP contribution in [0.15, 0.2) is 45.6 Å². The van der Waals surface area contributed by atoms with E-state index >= 15 is 0 Å². The summed E-state index contributed by atoms with van der Waals surface area (Å²) in [7, 11) is 0. The predicted octanol–water partition coefficient (Wildman–Crippen LogP) is 4.23. The standard InChI is InChI=1S/C22H16F3N7O2/c23-22(24,25)12-2-1-3-14-16(12)17-18(34-14)19(32-9-10-6-11(32)7-26-10)30-21(29-17)31-20-27-8-15-13(28-20)4-5-33-15/h1-5,8,10-11,26H,6-7,9H2,(H,27,28,29,30,31)/t10-,11-/m0/s1. The molecular weight excluding hydrogens is 451 g/mol. The number of fused-ring (bicyclic) bond motifs is 6. The maximum absolute atomic E-state index is 13.9. The van der Waals surface area contributed by atoms with E-state index in [1.54, 1.807) is 6.07 Å². The Morgan fingerprint density at radius 3 is 2.79 bits per heavy atom. The van der Waals surface area contributed by atoms with Crippen molar-refractivity contribution in [3.8, 4) is 0 Å². The lowest BCUT2D eigenvalue weighted by atomic mass is 10.1. The van der Waals surface area contributed by atoms with Crippen molar-refractivity contribution in [3.63, 3.8) is 0 Å². The molecule has 9 nitrogen and oxygen atoms in total. The van der Waals surface area contributed by atoms with Gasteiger partial charge in [-0.25, -0.2) is 15.0 Å². The van der Waals surface area contributed by atoms with Crippen LogP contribution in [0.1, 0.15) is 12.0 Å². The highest BCUT2D eigenvalue weighted by Crippen LogP contribution is 2.43. The molecule has 12 heteroatoms. The summed E-state index contributed by atoms with van der Waals surface area (Å²) in [5, 5.41) is 6.27. The number of aromatic nitrogens is 4. The minimum Gasteiger partial charge on any atom is -0.461 e. The Labute approximate surface area is 189 Å². The summed E-state index contributed by atoms with van der Waals surface area (Å²) in [6, 6.07) is 6.03. The number of halogens is 3. The third-order valence-corrected chi connectivity index (χ3v) is 6.38. The highest BCUT2D eigenvalue weighted by Gasteiger charge is 2.41. The van der Waals surface area contributed by atoms with E-state index in [0.717, 1.165) is 19.0 Å². The lowest BCUT2D eigenvalue weighted by molar-refractivity contribution is -0.136. The molecule has 7 rings (SSSR count). The molecule has 2 bridgehead atoms. The number of hydrogen-bond donors (Lipinski definition) is 2. The summed E-state index contributed by atoms with van der Waals surface area (Å²) in [6.45, 7) is 1.45. The Balaban J connectivity index is 1.44. The molecule has 0 spiro atoms. The molecule has 2 N–H and O–H groups in total. The van der Waals surface area contributed by atoms with Gasteiger partial charge >= 0.3 is 6.18 Å². The fraction of sp³-hybridized carbons (Fsp3) is 0.273. The molecule has 5 aromatic rings. The maximum atomic E-state index is 13.9. The Morgan fingerprint density at radius 2 is 2.00 bits per heavy atom. The zero-order valence-corrected chi connectivity index (χ0v) is 17.4. The van der Waals surface area contributed by atoms with Crippen molar-refractivity contribution in [2.75, 3.05) is 23.3 Å². The van der Waals surface area contributed by atoms with Crippen LogP contribution in [0.4, 0.5) is 30.9 Å². The van der Waals surface area contributed by atoms with Crippen LogP contribution in [0.5, 0.6) is 0 Å². The Morgan fingerprint density at radius 1 is 1.09 bits per heavy atom. The average molecular weight is 467 g/mol. The molecule has 172 valence electrons. The molecule has 4 aromatic heterocycles. The van der Waals surface area contributed by atoms with Gasteiger partial charge in [0, 0.05) is 31.2 Å². The molecule has 34 heavy (non-hydrogen) atoms. The second-order valence-electron chi connectivity index (χ2n) is 8.46. The van der Waals surface area contributed by atoms with Crippen molar-refractivity contribution in [2.45, 2.75) is 24.7 Å². The number of rotatable bonds is 3. The van der Waals surface area contributed by atoms with E-state index in [9.17, 15) is 13.2 Å². The molecule has 1 aromatic carbocycles. The van der Waals surface area contributed by atoms with Crippen LogP contribution in [0.2, 0.25) is 0 Å². The lowest BCUT2D eigenvalue weighted by Crippen LogP contribution is -2.44. The van der Waals surface area contributed by atoms with Crippen molar-refractivity contribution in [1.82, 2.24) is 25.3 Å². The maximum Gasteiger partial charge on any atom is 0.417 e. The third kappa shape index (κ3) is 2.91. The van der Waals surface area contributed by atoms with Crippen molar-refractivity contribution in [2.24, 2.45) is 0 Å². The first-order valence-corrected chi connectivity index (χ1v) is 10.7. The first-order chi connectivity index (χ1) is 16.4. The van der Waals surface area contributed by atoms with E-state index < -0.39 is 11.7 Å². The molecule has 2 fully saturated rings. The van der Waals surface area contributed by atoms with Gasteiger partial charge in [-0.2, -0.15) is 18.2 Å². The van der Waals surface area contributed by atoms with Crippen LogP contribution < -0.4 is 15.5 Å². The molecule has 2 atom stereocenters. The fourth-order valence-electron chi connectivity index (χ4n) is 4.91. The van der Waals surface area contributed by atoms with E-state index in [4.69, 9.17) is 8.83 Å². The van der Waals surface area contributed by atoms with E-state index in [1.165, 1.54) is 24.6 Å². The van der Waals surface area contributed by atoms with Gasteiger partial charge in [0.2, 0.25) is 11.9 Å². The third-order valence-electron chi connectivity index (χ3n) is 6.38. The van der Waals surface area contributed by atoms with Crippen molar-refractivity contribution >= 4 is 50.9 Å². The van der Waals surface area contributed by atoms with Gasteiger partial charge in [0.1, 0.15) is 16.6 Å². The van der Waals surface area contributed by atoms with Crippen LogP contribution in [0.25, 0.3) is 33.2 Å². The molecule has 0 aliphatic carbocycles. The van der Waals surface area contributed by atoms with Gasteiger partial charge in [-0.3, -0.25) is 5.32 Å². The van der Waals surface area contributed by atoms with Gasteiger partial charge in [-0.15, -0.1) is 0 Å². The van der Waals surface area contributed by atoms with Gasteiger partial charge in [0.15, 0.2) is 17.0 Å². The first kappa shape index (κ1) is 19.5. The SMILES string of the molecule is FC(F)(F)c1cccc2oc3c(N4C[C@@H]5C[C@H]4CN5)nc(Nc4ncc5occc5n4)nc3c12. The number of piperazine rings is 1. The largest absolute Gasteiger partial charge is 0.461 e. The van der Waals surface area contributed by atoms with Gasteiger partial charge in [-0.1, -0.05) is 6.07 Å². The second kappa shape index (κ2) is 6.79. The Bertz CT molecular complexity index is 1580. The lowest BCUT2D eigenvalue weighted by Gasteiger charge is -2.28. The molecule has 0 radical (unpaired) electrons. The quantitative estimate of drug-likeness (QED) is 0.403. The number of benzene rings is 1. The number of nitrogens with one attached hydrogen (secondary N) is 2. The van der Waals surface area contributed by atoms with Gasteiger partial charge in [0.25, 0.3) is 0 Å². The summed E-state index contributed by atoms with van der Waals surface area (Å²) < 4.78 is 52.8.